The van der Waals surface area contributed by atoms with Crippen LogP contribution in [0.25, 0.3) is 0 Å². The summed E-state index contributed by atoms with van der Waals surface area (Å²) < 4.78 is 26.0. The van der Waals surface area contributed by atoms with Gasteiger partial charge in [0.05, 0.1) is 12.0 Å². The predicted octanol–water partition coefficient (Wildman–Crippen LogP) is 0.554. The fourth-order valence-corrected chi connectivity index (χ4v) is 3.28. The van der Waals surface area contributed by atoms with E-state index in [1.54, 1.807) is 36.4 Å². The van der Waals surface area contributed by atoms with Gasteiger partial charge in [-0.05, 0) is 12.1 Å². The van der Waals surface area contributed by atoms with E-state index in [2.05, 4.69) is 0 Å². The number of hydrogen-bond donors (Lipinski definition) is 0. The van der Waals surface area contributed by atoms with Gasteiger partial charge in [0.25, 0.3) is 0 Å². The number of nitrogens with zero attached hydrogens (tertiary/aromatic N) is 2. The topological polar surface area (TPSA) is 49.9 Å². The standard InChI is InChI=1S/C11H16N2O3S/c1-16-12-7-9-13(10-8-12)17(14,15)11-5-3-2-4-6-11/h2-6H,7-10H2,1H3. The maximum Gasteiger partial charge on any atom is 0.243 e. The molecule has 2 rings (SSSR count). The highest BCUT2D eigenvalue weighted by Crippen LogP contribution is 2.16. The van der Waals surface area contributed by atoms with E-state index in [9.17, 15) is 8.42 Å². The molecule has 94 valence electrons. The molecule has 1 aliphatic rings. The second-order valence-electron chi connectivity index (χ2n) is 3.83. The van der Waals surface area contributed by atoms with Crippen LogP contribution in [0.3, 0.4) is 0 Å². The predicted molar refractivity (Wildman–Crippen MR) is 63.8 cm³/mol. The first kappa shape index (κ1) is 12.5. The molecule has 1 fully saturated rings. The third-order valence-electron chi connectivity index (χ3n) is 2.84. The van der Waals surface area contributed by atoms with Gasteiger partial charge in [0.1, 0.15) is 0 Å². The molecule has 0 spiro atoms. The minimum atomic E-state index is -3.34. The lowest BCUT2D eigenvalue weighted by molar-refractivity contribution is -0.144. The first-order valence-corrected chi connectivity index (χ1v) is 6.93. The van der Waals surface area contributed by atoms with Crippen LogP contribution < -0.4 is 0 Å². The second-order valence-corrected chi connectivity index (χ2v) is 5.77. The van der Waals surface area contributed by atoms with Crippen molar-refractivity contribution in [3.63, 3.8) is 0 Å². The molecule has 0 N–H and O–H groups in total. The van der Waals surface area contributed by atoms with Crippen LogP contribution in [-0.2, 0) is 14.9 Å². The molecule has 5 nitrogen and oxygen atoms in total. The first-order valence-electron chi connectivity index (χ1n) is 5.49. The molecule has 1 saturated heterocycles. The molecule has 17 heavy (non-hydrogen) atoms. The molecule has 0 saturated carbocycles. The summed E-state index contributed by atoms with van der Waals surface area (Å²) in [6.45, 7) is 2.13. The minimum absolute atomic E-state index is 0.353. The SMILES string of the molecule is CON1CCN(S(=O)(=O)c2ccccc2)CC1. The maximum absolute atomic E-state index is 12.2. The molecular formula is C11H16N2O3S. The van der Waals surface area contributed by atoms with Gasteiger partial charge >= 0.3 is 0 Å². The molecule has 0 atom stereocenters. The van der Waals surface area contributed by atoms with Crippen LogP contribution in [0, 0.1) is 0 Å². The first-order chi connectivity index (χ1) is 8.14. The summed E-state index contributed by atoms with van der Waals surface area (Å²) in [5.74, 6) is 0. The Hall–Kier alpha value is -0.950. The molecule has 0 bridgehead atoms. The van der Waals surface area contributed by atoms with Crippen LogP contribution in [0.4, 0.5) is 0 Å². The number of hydroxylamine groups is 2. The molecule has 0 radical (unpaired) electrons. The zero-order valence-corrected chi connectivity index (χ0v) is 10.6. The highest BCUT2D eigenvalue weighted by molar-refractivity contribution is 7.89. The van der Waals surface area contributed by atoms with Crippen LogP contribution in [0.5, 0.6) is 0 Å². The van der Waals surface area contributed by atoms with Gasteiger partial charge in [0.2, 0.25) is 10.0 Å². The third kappa shape index (κ3) is 2.66. The van der Waals surface area contributed by atoms with Crippen LogP contribution >= 0.6 is 0 Å². The molecule has 6 heteroatoms. The van der Waals surface area contributed by atoms with Crippen molar-refractivity contribution in [1.29, 1.82) is 0 Å². The molecule has 1 aromatic carbocycles. The molecule has 0 unspecified atom stereocenters. The van der Waals surface area contributed by atoms with Gasteiger partial charge in [-0.3, -0.25) is 0 Å². The van der Waals surface area contributed by atoms with Gasteiger partial charge in [0, 0.05) is 26.2 Å². The molecule has 0 aliphatic carbocycles. The molecule has 0 amide bonds. The number of piperazine rings is 1. The Morgan fingerprint density at radius 1 is 1.06 bits per heavy atom. The summed E-state index contributed by atoms with van der Waals surface area (Å²) >= 11 is 0. The Bertz CT molecular complexity index is 453. The quantitative estimate of drug-likeness (QED) is 0.792. The van der Waals surface area contributed by atoms with E-state index in [0.29, 0.717) is 31.1 Å². The lowest BCUT2D eigenvalue weighted by Gasteiger charge is -2.32. The Morgan fingerprint density at radius 2 is 1.65 bits per heavy atom. The van der Waals surface area contributed by atoms with E-state index >= 15 is 0 Å². The van der Waals surface area contributed by atoms with Gasteiger partial charge in [-0.15, -0.1) is 0 Å². The van der Waals surface area contributed by atoms with E-state index in [0.717, 1.165) is 0 Å². The molecule has 1 heterocycles. The average Bonchev–Trinajstić information content (AvgIpc) is 2.40. The molecule has 0 aromatic heterocycles. The summed E-state index contributed by atoms with van der Waals surface area (Å²) in [7, 11) is -1.74. The van der Waals surface area contributed by atoms with Crippen LogP contribution in [0.2, 0.25) is 0 Å². The minimum Gasteiger partial charge on any atom is -0.302 e. The van der Waals surface area contributed by atoms with E-state index in [4.69, 9.17) is 4.84 Å². The molecule has 1 aliphatic heterocycles. The number of rotatable bonds is 3. The van der Waals surface area contributed by atoms with Gasteiger partial charge < -0.3 is 4.84 Å². The van der Waals surface area contributed by atoms with Crippen molar-refractivity contribution in [2.24, 2.45) is 0 Å². The lowest BCUT2D eigenvalue weighted by Crippen LogP contribution is -2.48. The highest BCUT2D eigenvalue weighted by atomic mass is 32.2. The normalized spacial score (nSPS) is 19.4. The maximum atomic E-state index is 12.2. The van der Waals surface area contributed by atoms with Gasteiger partial charge in [-0.1, -0.05) is 18.2 Å². The van der Waals surface area contributed by atoms with E-state index in [-0.39, 0.29) is 0 Å². The van der Waals surface area contributed by atoms with E-state index in [1.165, 1.54) is 4.31 Å². The van der Waals surface area contributed by atoms with Crippen LogP contribution in [0.1, 0.15) is 0 Å². The van der Waals surface area contributed by atoms with Crippen molar-refractivity contribution in [3.8, 4) is 0 Å². The van der Waals surface area contributed by atoms with Crippen molar-refractivity contribution in [2.45, 2.75) is 4.90 Å². The largest absolute Gasteiger partial charge is 0.302 e. The number of benzene rings is 1. The Balaban J connectivity index is 2.13. The fraction of sp³-hybridized carbons (Fsp3) is 0.455. The Labute approximate surface area is 102 Å². The lowest BCUT2D eigenvalue weighted by atomic mass is 10.4. The summed E-state index contributed by atoms with van der Waals surface area (Å²) in [4.78, 5) is 5.42. The number of sulfonamides is 1. The van der Waals surface area contributed by atoms with Gasteiger partial charge in [-0.25, -0.2) is 8.42 Å². The van der Waals surface area contributed by atoms with Gasteiger partial charge in [0.15, 0.2) is 0 Å². The number of hydrogen-bond acceptors (Lipinski definition) is 4. The third-order valence-corrected chi connectivity index (χ3v) is 4.75. The summed E-state index contributed by atoms with van der Waals surface area (Å²) in [5, 5.41) is 1.76. The second kappa shape index (κ2) is 5.14. The van der Waals surface area contributed by atoms with E-state index < -0.39 is 10.0 Å². The Kier molecular flexibility index (Phi) is 3.78. The monoisotopic (exact) mass is 256 g/mol. The van der Waals surface area contributed by atoms with Gasteiger partial charge in [-0.2, -0.15) is 9.37 Å². The van der Waals surface area contributed by atoms with Crippen molar-refractivity contribution in [1.82, 2.24) is 9.37 Å². The highest BCUT2D eigenvalue weighted by Gasteiger charge is 2.28. The molecule has 1 aromatic rings. The summed E-state index contributed by atoms with van der Waals surface area (Å²) in [6, 6.07) is 8.52. The Morgan fingerprint density at radius 3 is 2.18 bits per heavy atom. The van der Waals surface area contributed by atoms with E-state index in [1.807, 2.05) is 6.07 Å². The van der Waals surface area contributed by atoms with Crippen molar-refractivity contribution < 1.29 is 13.3 Å². The van der Waals surface area contributed by atoms with Crippen molar-refractivity contribution in [2.75, 3.05) is 33.3 Å². The van der Waals surface area contributed by atoms with Crippen molar-refractivity contribution in [3.05, 3.63) is 30.3 Å². The van der Waals surface area contributed by atoms with Crippen molar-refractivity contribution >= 4 is 10.0 Å². The van der Waals surface area contributed by atoms with Crippen LogP contribution in [-0.4, -0.2) is 51.1 Å². The molecular weight excluding hydrogens is 240 g/mol. The fourth-order valence-electron chi connectivity index (χ4n) is 1.83. The summed E-state index contributed by atoms with van der Waals surface area (Å²) in [5.41, 5.74) is 0. The zero-order chi connectivity index (χ0) is 12.3. The smallest absolute Gasteiger partial charge is 0.243 e. The zero-order valence-electron chi connectivity index (χ0n) is 9.74. The summed E-state index contributed by atoms with van der Waals surface area (Å²) in [6.07, 6.45) is 0. The van der Waals surface area contributed by atoms with Crippen LogP contribution in [0.15, 0.2) is 35.2 Å². The average molecular weight is 256 g/mol.